The highest BCUT2D eigenvalue weighted by Gasteiger charge is 2.35. The molecule has 0 spiro atoms. The molecule has 9 heteroatoms. The molecule has 1 saturated carbocycles. The Morgan fingerprint density at radius 1 is 1.18 bits per heavy atom. The molecule has 2 heterocycles. The highest BCUT2D eigenvalue weighted by Crippen LogP contribution is 2.43. The number of aromatic amines is 1. The Balaban J connectivity index is 1.67. The summed E-state index contributed by atoms with van der Waals surface area (Å²) in [5.41, 5.74) is 0.497. The summed E-state index contributed by atoms with van der Waals surface area (Å²) in [5.74, 6) is -0.629. The first-order chi connectivity index (χ1) is 13.3. The first-order valence-electron chi connectivity index (χ1n) is 8.63. The molecule has 0 bridgehead atoms. The van der Waals surface area contributed by atoms with Crippen LogP contribution in [0, 0.1) is 5.82 Å². The average Bonchev–Trinajstić information content (AvgIpc) is 3.29. The van der Waals surface area contributed by atoms with Crippen LogP contribution in [-0.2, 0) is 6.18 Å². The standard InChI is InChI=1S/C19H13ClF4N4/c20-10-1-4-14-12(7-10)16(8-25-14)27-18-26-15-6-9(19(22,23)24)5-13(21)17(15)28(18)11-2-3-11/h1,4-8,11,25H,2-3H2,(H,26,27). The second kappa shape index (κ2) is 5.88. The Hall–Kier alpha value is -2.74. The number of benzene rings is 2. The number of halogens is 5. The van der Waals surface area contributed by atoms with Crippen LogP contribution in [0.15, 0.2) is 36.5 Å². The Kier molecular flexibility index (Phi) is 3.64. The van der Waals surface area contributed by atoms with Crippen molar-refractivity contribution in [3.05, 3.63) is 52.9 Å². The van der Waals surface area contributed by atoms with Gasteiger partial charge in [-0.15, -0.1) is 0 Å². The lowest BCUT2D eigenvalue weighted by Crippen LogP contribution is -2.06. The van der Waals surface area contributed by atoms with E-state index in [0.717, 1.165) is 29.8 Å². The SMILES string of the molecule is Fc1cc(C(F)(F)F)cc2nc(Nc3c[nH]c4ccc(Cl)cc34)n(C3CC3)c12. The number of anilines is 2. The van der Waals surface area contributed by atoms with E-state index in [2.05, 4.69) is 15.3 Å². The lowest BCUT2D eigenvalue weighted by Gasteiger charge is -2.10. The van der Waals surface area contributed by atoms with E-state index < -0.39 is 17.6 Å². The Labute approximate surface area is 161 Å². The van der Waals surface area contributed by atoms with Gasteiger partial charge < -0.3 is 14.9 Å². The van der Waals surface area contributed by atoms with E-state index in [4.69, 9.17) is 11.6 Å². The van der Waals surface area contributed by atoms with Crippen LogP contribution in [0.3, 0.4) is 0 Å². The zero-order valence-corrected chi connectivity index (χ0v) is 15.0. The number of imidazole rings is 1. The summed E-state index contributed by atoms with van der Waals surface area (Å²) in [6.07, 6.45) is -1.28. The predicted octanol–water partition coefficient (Wildman–Crippen LogP) is 6.41. The van der Waals surface area contributed by atoms with Gasteiger partial charge in [-0.25, -0.2) is 9.37 Å². The first-order valence-corrected chi connectivity index (χ1v) is 9.01. The minimum Gasteiger partial charge on any atom is -0.359 e. The number of rotatable bonds is 3. The molecule has 0 saturated heterocycles. The smallest absolute Gasteiger partial charge is 0.359 e. The van der Waals surface area contributed by atoms with Crippen molar-refractivity contribution < 1.29 is 17.6 Å². The van der Waals surface area contributed by atoms with Gasteiger partial charge in [-0.1, -0.05) is 11.6 Å². The van der Waals surface area contributed by atoms with Crippen molar-refractivity contribution in [1.29, 1.82) is 0 Å². The average molecular weight is 409 g/mol. The summed E-state index contributed by atoms with van der Waals surface area (Å²) in [6.45, 7) is 0. The molecular weight excluding hydrogens is 396 g/mol. The number of nitrogens with zero attached hydrogens (tertiary/aromatic N) is 2. The molecule has 1 fully saturated rings. The fraction of sp³-hybridized carbons (Fsp3) is 0.211. The monoisotopic (exact) mass is 408 g/mol. The van der Waals surface area contributed by atoms with Gasteiger partial charge in [0.15, 0.2) is 0 Å². The van der Waals surface area contributed by atoms with Crippen LogP contribution in [0.5, 0.6) is 0 Å². The summed E-state index contributed by atoms with van der Waals surface area (Å²) in [7, 11) is 0. The molecule has 4 nitrogen and oxygen atoms in total. The summed E-state index contributed by atoms with van der Waals surface area (Å²) in [6, 6.07) is 6.75. The second-order valence-electron chi connectivity index (χ2n) is 6.88. The predicted molar refractivity (Wildman–Crippen MR) is 99.6 cm³/mol. The Morgan fingerprint density at radius 3 is 2.68 bits per heavy atom. The van der Waals surface area contributed by atoms with Gasteiger partial charge in [-0.2, -0.15) is 13.2 Å². The fourth-order valence-electron chi connectivity index (χ4n) is 3.44. The van der Waals surface area contributed by atoms with Crippen molar-refractivity contribution in [3.63, 3.8) is 0 Å². The summed E-state index contributed by atoms with van der Waals surface area (Å²) in [5, 5.41) is 4.48. The molecule has 0 radical (unpaired) electrons. The van der Waals surface area contributed by atoms with E-state index in [9.17, 15) is 17.6 Å². The summed E-state index contributed by atoms with van der Waals surface area (Å²) >= 11 is 6.07. The molecule has 0 amide bonds. The van der Waals surface area contributed by atoms with Crippen LogP contribution < -0.4 is 5.32 Å². The molecule has 1 aliphatic rings. The van der Waals surface area contributed by atoms with Gasteiger partial charge in [0.25, 0.3) is 0 Å². The van der Waals surface area contributed by atoms with E-state index in [1.807, 2.05) is 6.07 Å². The van der Waals surface area contributed by atoms with Crippen LogP contribution in [0.4, 0.5) is 29.2 Å². The van der Waals surface area contributed by atoms with E-state index in [-0.39, 0.29) is 17.1 Å². The maximum absolute atomic E-state index is 14.6. The molecule has 2 N–H and O–H groups in total. The highest BCUT2D eigenvalue weighted by atomic mass is 35.5. The zero-order valence-electron chi connectivity index (χ0n) is 14.2. The third-order valence-corrected chi connectivity index (χ3v) is 5.10. The number of aromatic nitrogens is 3. The first kappa shape index (κ1) is 17.4. The number of fused-ring (bicyclic) bond motifs is 2. The van der Waals surface area contributed by atoms with E-state index in [1.165, 1.54) is 0 Å². The zero-order chi connectivity index (χ0) is 19.6. The molecule has 2 aromatic heterocycles. The summed E-state index contributed by atoms with van der Waals surface area (Å²) < 4.78 is 55.4. The van der Waals surface area contributed by atoms with Crippen molar-refractivity contribution in [2.24, 2.45) is 0 Å². The van der Waals surface area contributed by atoms with Crippen LogP contribution in [0.2, 0.25) is 5.02 Å². The molecule has 5 rings (SSSR count). The number of nitrogens with one attached hydrogen (secondary N) is 2. The quantitative estimate of drug-likeness (QED) is 0.385. The number of hydrogen-bond donors (Lipinski definition) is 2. The lowest BCUT2D eigenvalue weighted by atomic mass is 10.2. The normalized spacial score (nSPS) is 14.9. The molecule has 0 unspecified atom stereocenters. The van der Waals surface area contributed by atoms with Gasteiger partial charge in [0.05, 0.1) is 16.8 Å². The number of alkyl halides is 3. The lowest BCUT2D eigenvalue weighted by molar-refractivity contribution is -0.137. The maximum Gasteiger partial charge on any atom is 0.416 e. The van der Waals surface area contributed by atoms with Crippen LogP contribution >= 0.6 is 11.6 Å². The molecule has 1 aliphatic carbocycles. The van der Waals surface area contributed by atoms with Crippen molar-refractivity contribution in [2.45, 2.75) is 25.1 Å². The topological polar surface area (TPSA) is 45.6 Å². The van der Waals surface area contributed by atoms with E-state index in [1.54, 1.807) is 22.9 Å². The van der Waals surface area contributed by atoms with E-state index >= 15 is 0 Å². The van der Waals surface area contributed by atoms with Crippen molar-refractivity contribution in [2.75, 3.05) is 5.32 Å². The molecule has 144 valence electrons. The number of hydrogen-bond acceptors (Lipinski definition) is 2. The van der Waals surface area contributed by atoms with Crippen molar-refractivity contribution in [1.82, 2.24) is 14.5 Å². The minimum absolute atomic E-state index is 0.00697. The van der Waals surface area contributed by atoms with Gasteiger partial charge in [0, 0.05) is 28.2 Å². The Bertz CT molecular complexity index is 1220. The largest absolute Gasteiger partial charge is 0.416 e. The maximum atomic E-state index is 14.6. The van der Waals surface area contributed by atoms with Gasteiger partial charge in [-0.05, 0) is 43.2 Å². The third kappa shape index (κ3) is 2.79. The van der Waals surface area contributed by atoms with Crippen molar-refractivity contribution in [3.8, 4) is 0 Å². The third-order valence-electron chi connectivity index (χ3n) is 4.87. The van der Waals surface area contributed by atoms with E-state index in [0.29, 0.717) is 22.7 Å². The van der Waals surface area contributed by atoms with Crippen molar-refractivity contribution >= 4 is 45.2 Å². The second-order valence-corrected chi connectivity index (χ2v) is 7.31. The minimum atomic E-state index is -4.64. The van der Waals surface area contributed by atoms with Gasteiger partial charge >= 0.3 is 6.18 Å². The molecular formula is C19H13ClF4N4. The fourth-order valence-corrected chi connectivity index (χ4v) is 3.61. The number of H-pyrrole nitrogens is 1. The Morgan fingerprint density at radius 2 is 1.96 bits per heavy atom. The molecule has 2 aromatic carbocycles. The van der Waals surface area contributed by atoms with Gasteiger partial charge in [-0.3, -0.25) is 0 Å². The van der Waals surface area contributed by atoms with Gasteiger partial charge in [0.1, 0.15) is 11.3 Å². The van der Waals surface area contributed by atoms with Crippen LogP contribution in [0.1, 0.15) is 24.4 Å². The molecule has 0 atom stereocenters. The molecule has 0 aliphatic heterocycles. The van der Waals surface area contributed by atoms with Gasteiger partial charge in [0.2, 0.25) is 5.95 Å². The highest BCUT2D eigenvalue weighted by molar-refractivity contribution is 6.31. The molecule has 28 heavy (non-hydrogen) atoms. The summed E-state index contributed by atoms with van der Waals surface area (Å²) in [4.78, 5) is 7.37. The molecule has 4 aromatic rings. The van der Waals surface area contributed by atoms with Crippen LogP contribution in [0.25, 0.3) is 21.9 Å². The van der Waals surface area contributed by atoms with Crippen LogP contribution in [-0.4, -0.2) is 14.5 Å².